The monoisotopic (exact) mass is 508 g/mol. The van der Waals surface area contributed by atoms with E-state index in [0.717, 1.165) is 28.0 Å². The van der Waals surface area contributed by atoms with Crippen LogP contribution >= 0.6 is 11.8 Å². The summed E-state index contributed by atoms with van der Waals surface area (Å²) in [7, 11) is 0. The van der Waals surface area contributed by atoms with E-state index in [1.54, 1.807) is 11.8 Å². The number of aliphatic hydroxyl groups excluding tert-OH is 2. The summed E-state index contributed by atoms with van der Waals surface area (Å²) in [5.41, 5.74) is 4.35. The van der Waals surface area contributed by atoms with E-state index in [2.05, 4.69) is 10.6 Å². The first-order chi connectivity index (χ1) is 17.6. The second kappa shape index (κ2) is 13.4. The number of thioether (sulfide) groups is 1. The Hall–Kier alpha value is -2.88. The number of anilines is 1. The Kier molecular flexibility index (Phi) is 9.77. The van der Waals surface area contributed by atoms with Crippen LogP contribution in [0.25, 0.3) is 0 Å². The van der Waals surface area contributed by atoms with Gasteiger partial charge in [0.1, 0.15) is 0 Å². The van der Waals surface area contributed by atoms with Crippen molar-refractivity contribution in [2.75, 3.05) is 23.4 Å². The molecule has 7 nitrogen and oxygen atoms in total. The highest BCUT2D eigenvalue weighted by Crippen LogP contribution is 2.39. The molecule has 0 aliphatic carbocycles. The van der Waals surface area contributed by atoms with Crippen molar-refractivity contribution in [2.45, 2.75) is 38.1 Å². The molecule has 3 aromatic carbocycles. The molecule has 1 heterocycles. The Balaban J connectivity index is 1.44. The molecule has 3 atom stereocenters. The van der Waals surface area contributed by atoms with Gasteiger partial charge < -0.3 is 30.3 Å². The number of urea groups is 1. The average Bonchev–Trinajstić information content (AvgIpc) is 2.93. The molecule has 0 bridgehead atoms. The summed E-state index contributed by atoms with van der Waals surface area (Å²) in [4.78, 5) is 12.4. The van der Waals surface area contributed by atoms with Crippen LogP contribution in [0.2, 0.25) is 0 Å². The van der Waals surface area contributed by atoms with E-state index in [9.17, 15) is 9.90 Å². The molecule has 0 spiro atoms. The summed E-state index contributed by atoms with van der Waals surface area (Å²) in [5.74, 6) is 1.39. The van der Waals surface area contributed by atoms with Crippen LogP contribution in [0, 0.1) is 0 Å². The Morgan fingerprint density at radius 3 is 2.47 bits per heavy atom. The lowest BCUT2D eigenvalue weighted by Crippen LogP contribution is -2.31. The van der Waals surface area contributed by atoms with Gasteiger partial charge in [0.05, 0.1) is 25.4 Å². The van der Waals surface area contributed by atoms with Crippen LogP contribution in [0.3, 0.4) is 0 Å². The second-order valence-electron chi connectivity index (χ2n) is 8.57. The number of carbonyl (C=O) groups is 1. The minimum atomic E-state index is -0.602. The van der Waals surface area contributed by atoms with Crippen molar-refractivity contribution < 1.29 is 24.5 Å². The lowest BCUT2D eigenvalue weighted by Gasteiger charge is -2.36. The summed E-state index contributed by atoms with van der Waals surface area (Å²) in [6, 6.07) is 24.7. The maximum atomic E-state index is 12.4. The van der Waals surface area contributed by atoms with Gasteiger partial charge in [-0.2, -0.15) is 11.8 Å². The number of hydrogen-bond donors (Lipinski definition) is 4. The molecular formula is C28H32N2O5S. The lowest BCUT2D eigenvalue weighted by molar-refractivity contribution is -0.245. The summed E-state index contributed by atoms with van der Waals surface area (Å²) in [5, 5.41) is 24.3. The normalized spacial score (nSPS) is 19.6. The Morgan fingerprint density at radius 2 is 1.72 bits per heavy atom. The van der Waals surface area contributed by atoms with Gasteiger partial charge in [-0.25, -0.2) is 4.79 Å². The summed E-state index contributed by atoms with van der Waals surface area (Å²) in [6.07, 6.45) is -0.154. The van der Waals surface area contributed by atoms with E-state index in [0.29, 0.717) is 24.4 Å². The quantitative estimate of drug-likeness (QED) is 0.295. The minimum absolute atomic E-state index is 0.00329. The first kappa shape index (κ1) is 26.2. The summed E-state index contributed by atoms with van der Waals surface area (Å²) >= 11 is 1.65. The topological polar surface area (TPSA) is 100 Å². The highest BCUT2D eigenvalue weighted by molar-refractivity contribution is 7.99. The second-order valence-corrected chi connectivity index (χ2v) is 9.72. The largest absolute Gasteiger partial charge is 0.396 e. The summed E-state index contributed by atoms with van der Waals surface area (Å²) < 4.78 is 12.7. The van der Waals surface area contributed by atoms with Crippen molar-refractivity contribution in [1.29, 1.82) is 0 Å². The molecule has 4 rings (SSSR count). The van der Waals surface area contributed by atoms with E-state index in [1.807, 2.05) is 78.9 Å². The van der Waals surface area contributed by atoms with Crippen molar-refractivity contribution in [2.24, 2.45) is 0 Å². The zero-order chi connectivity index (χ0) is 25.2. The number of carbonyl (C=O) groups excluding carboxylic acids is 1. The van der Waals surface area contributed by atoms with Crippen LogP contribution in [-0.2, 0) is 22.6 Å². The molecule has 4 N–H and O–H groups in total. The van der Waals surface area contributed by atoms with Crippen LogP contribution in [0.15, 0.2) is 78.9 Å². The molecule has 3 aromatic rings. The highest BCUT2D eigenvalue weighted by Gasteiger charge is 2.32. The first-order valence-corrected chi connectivity index (χ1v) is 13.2. The number of aliphatic hydroxyl groups is 2. The van der Waals surface area contributed by atoms with Gasteiger partial charge in [-0.1, -0.05) is 66.7 Å². The fourth-order valence-corrected chi connectivity index (χ4v) is 4.79. The predicted octanol–water partition coefficient (Wildman–Crippen LogP) is 4.77. The number of benzene rings is 3. The van der Waals surface area contributed by atoms with Crippen LogP contribution in [0.5, 0.6) is 0 Å². The number of ether oxygens (including phenoxy) is 2. The molecule has 8 heteroatoms. The third kappa shape index (κ3) is 7.56. The van der Waals surface area contributed by atoms with Gasteiger partial charge in [-0.3, -0.25) is 0 Å². The van der Waals surface area contributed by atoms with E-state index in [1.165, 1.54) is 0 Å². The molecular weight excluding hydrogens is 476 g/mol. The Labute approximate surface area is 215 Å². The average molecular weight is 509 g/mol. The van der Waals surface area contributed by atoms with E-state index < -0.39 is 6.29 Å². The maximum Gasteiger partial charge on any atom is 0.319 e. The maximum absolute atomic E-state index is 12.4. The van der Waals surface area contributed by atoms with Gasteiger partial charge in [-0.05, 0) is 28.8 Å². The smallest absolute Gasteiger partial charge is 0.319 e. The van der Waals surface area contributed by atoms with Gasteiger partial charge in [0.25, 0.3) is 0 Å². The zero-order valence-electron chi connectivity index (χ0n) is 20.0. The number of nitrogens with one attached hydrogen (secondary N) is 2. The van der Waals surface area contributed by atoms with Gasteiger partial charge in [0.2, 0.25) is 0 Å². The Morgan fingerprint density at radius 1 is 0.917 bits per heavy atom. The van der Waals surface area contributed by atoms with E-state index in [-0.39, 0.29) is 31.5 Å². The van der Waals surface area contributed by atoms with Crippen molar-refractivity contribution in [3.63, 3.8) is 0 Å². The van der Waals surface area contributed by atoms with Crippen LogP contribution in [0.4, 0.5) is 10.5 Å². The third-order valence-electron chi connectivity index (χ3n) is 5.87. The fourth-order valence-electron chi connectivity index (χ4n) is 4.02. The lowest BCUT2D eigenvalue weighted by atomic mass is 10.0. The van der Waals surface area contributed by atoms with Crippen LogP contribution in [-0.4, -0.2) is 40.5 Å². The standard InChI is InChI=1S/C28H32N2O5S/c31-13-14-36-19-25-16-26(22-11-9-21(18-32)10-12-22)35-27(34-25)23-7-4-8-24(15-23)30-28(33)29-17-20-5-2-1-3-6-20/h1-12,15,25-27,31-32H,13-14,16-19H2,(H2,29,30,33)/t25-,26+,27+/m0/s1. The molecule has 0 unspecified atom stereocenters. The van der Waals surface area contributed by atoms with Crippen molar-refractivity contribution in [3.05, 3.63) is 101 Å². The molecule has 0 saturated carbocycles. The SMILES string of the molecule is O=C(NCc1ccccc1)Nc1cccc([C@@H]2O[C@H](CSCCO)C[C@H](c3ccc(CO)cc3)O2)c1. The molecule has 1 aliphatic heterocycles. The predicted molar refractivity (Wildman–Crippen MR) is 142 cm³/mol. The van der Waals surface area contributed by atoms with Gasteiger partial charge in [0, 0.05) is 35.7 Å². The highest BCUT2D eigenvalue weighted by atomic mass is 32.2. The van der Waals surface area contributed by atoms with Crippen molar-refractivity contribution >= 4 is 23.5 Å². The molecule has 1 fully saturated rings. The van der Waals surface area contributed by atoms with Gasteiger partial charge in [-0.15, -0.1) is 0 Å². The molecule has 190 valence electrons. The summed E-state index contributed by atoms with van der Waals surface area (Å²) in [6.45, 7) is 0.561. The van der Waals surface area contributed by atoms with E-state index in [4.69, 9.17) is 14.6 Å². The number of rotatable bonds is 10. The zero-order valence-corrected chi connectivity index (χ0v) is 20.8. The third-order valence-corrected chi connectivity index (χ3v) is 6.95. The van der Waals surface area contributed by atoms with Crippen molar-refractivity contribution in [3.8, 4) is 0 Å². The molecule has 1 aliphatic rings. The molecule has 0 aromatic heterocycles. The van der Waals surface area contributed by atoms with Crippen LogP contribution < -0.4 is 10.6 Å². The van der Waals surface area contributed by atoms with Crippen LogP contribution in [0.1, 0.15) is 41.1 Å². The first-order valence-electron chi connectivity index (χ1n) is 12.0. The fraction of sp³-hybridized carbons (Fsp3) is 0.321. The molecule has 0 radical (unpaired) electrons. The molecule has 2 amide bonds. The Bertz CT molecular complexity index is 1100. The van der Waals surface area contributed by atoms with Gasteiger partial charge in [0.15, 0.2) is 6.29 Å². The number of amides is 2. The van der Waals surface area contributed by atoms with Gasteiger partial charge >= 0.3 is 6.03 Å². The van der Waals surface area contributed by atoms with E-state index >= 15 is 0 Å². The number of hydrogen-bond acceptors (Lipinski definition) is 6. The van der Waals surface area contributed by atoms with Crippen molar-refractivity contribution in [1.82, 2.24) is 5.32 Å². The molecule has 36 heavy (non-hydrogen) atoms. The minimum Gasteiger partial charge on any atom is -0.396 e. The molecule has 1 saturated heterocycles.